The zero-order valence-electron chi connectivity index (χ0n) is 28.0. The van der Waals surface area contributed by atoms with Crippen molar-refractivity contribution in [3.8, 4) is 16.9 Å². The van der Waals surface area contributed by atoms with Gasteiger partial charge >= 0.3 is 0 Å². The summed E-state index contributed by atoms with van der Waals surface area (Å²) < 4.78 is 37.3. The number of ether oxygens (including phenoxy) is 1. The molecule has 248 valence electrons. The summed E-state index contributed by atoms with van der Waals surface area (Å²) in [7, 11) is 0. The molecule has 5 heteroatoms. The van der Waals surface area contributed by atoms with Gasteiger partial charge in [0, 0.05) is 47.1 Å². The number of halogens is 2. The van der Waals surface area contributed by atoms with E-state index < -0.39 is 11.0 Å². The van der Waals surface area contributed by atoms with Crippen molar-refractivity contribution in [3.63, 3.8) is 0 Å². The third kappa shape index (κ3) is 5.38. The van der Waals surface area contributed by atoms with E-state index in [1.54, 1.807) is 35.7 Å². The molecule has 1 heterocycles. The summed E-state index contributed by atoms with van der Waals surface area (Å²) in [4.78, 5) is 4.57. The van der Waals surface area contributed by atoms with Crippen LogP contribution in [0.3, 0.4) is 0 Å². The van der Waals surface area contributed by atoms with E-state index in [0.29, 0.717) is 11.1 Å². The summed E-state index contributed by atoms with van der Waals surface area (Å²) >= 11 is 3.42. The molecule has 7 aromatic rings. The van der Waals surface area contributed by atoms with Crippen molar-refractivity contribution in [1.29, 1.82) is 0 Å². The van der Waals surface area contributed by atoms with E-state index in [9.17, 15) is 4.39 Å². The first-order chi connectivity index (χ1) is 24.8. The van der Waals surface area contributed by atoms with Crippen molar-refractivity contribution in [2.45, 2.75) is 44.4 Å². The number of fused-ring (bicyclic) bond motifs is 8. The molecule has 2 aliphatic rings. The highest BCUT2D eigenvalue weighted by molar-refractivity contribution is 7.99. The van der Waals surface area contributed by atoms with E-state index in [2.05, 4.69) is 98.8 Å². The second-order valence-electron chi connectivity index (χ2n) is 13.5. The van der Waals surface area contributed by atoms with Crippen LogP contribution in [0.15, 0.2) is 171 Å². The Labute approximate surface area is 305 Å². The summed E-state index contributed by atoms with van der Waals surface area (Å²) in [5.41, 5.74) is 5.25. The molecular weight excluding hydrogens is 671 g/mol. The molecule has 0 atom stereocenters. The van der Waals surface area contributed by atoms with Crippen LogP contribution in [0.5, 0.6) is 5.75 Å². The maximum Gasteiger partial charge on any atom is 0.178 e. The number of hydrogen-bond acceptors (Lipinski definition) is 3. The van der Waals surface area contributed by atoms with Gasteiger partial charge in [0.05, 0.1) is 0 Å². The first kappa shape index (κ1) is 31.9. The molecule has 0 aromatic heterocycles. The van der Waals surface area contributed by atoms with Gasteiger partial charge < -0.3 is 4.74 Å². The molecule has 0 saturated heterocycles. The second-order valence-corrected chi connectivity index (χ2v) is 15.8. The molecule has 1 nitrogen and oxygen atoms in total. The lowest BCUT2D eigenvalue weighted by molar-refractivity contribution is 0.163. The van der Waals surface area contributed by atoms with Crippen molar-refractivity contribution >= 4 is 40.4 Å². The van der Waals surface area contributed by atoms with Gasteiger partial charge in [-0.15, -0.1) is 0 Å². The first-order valence-corrected chi connectivity index (χ1v) is 18.6. The van der Waals surface area contributed by atoms with Crippen LogP contribution in [0.4, 0.5) is 8.78 Å². The van der Waals surface area contributed by atoms with E-state index in [4.69, 9.17) is 4.74 Å². The minimum absolute atomic E-state index is 0.271. The molecule has 0 spiro atoms. The molecule has 0 fully saturated rings. The molecule has 9 rings (SSSR count). The van der Waals surface area contributed by atoms with Crippen LogP contribution in [0, 0.1) is 11.6 Å². The fraction of sp³-hybridized carbons (Fsp3) is 0.0870. The van der Waals surface area contributed by atoms with E-state index in [1.165, 1.54) is 21.9 Å². The van der Waals surface area contributed by atoms with Gasteiger partial charge in [0.1, 0.15) is 17.4 Å². The van der Waals surface area contributed by atoms with Crippen LogP contribution < -0.4 is 4.74 Å². The Bertz CT molecular complexity index is 2390. The Morgan fingerprint density at radius 2 is 1.08 bits per heavy atom. The lowest BCUT2D eigenvalue weighted by atomic mass is 9.77. The Kier molecular flexibility index (Phi) is 7.68. The fourth-order valence-electron chi connectivity index (χ4n) is 7.70. The van der Waals surface area contributed by atoms with Gasteiger partial charge in [-0.05, 0) is 107 Å². The van der Waals surface area contributed by atoms with Gasteiger partial charge in [-0.1, -0.05) is 116 Å². The van der Waals surface area contributed by atoms with Crippen LogP contribution >= 0.6 is 23.5 Å². The van der Waals surface area contributed by atoms with Gasteiger partial charge in [-0.25, -0.2) is 8.78 Å². The van der Waals surface area contributed by atoms with Crippen LogP contribution in [-0.4, -0.2) is 0 Å². The summed E-state index contributed by atoms with van der Waals surface area (Å²) in [5.74, 6) is 0.0135. The van der Waals surface area contributed by atoms with Crippen molar-refractivity contribution in [1.82, 2.24) is 0 Å². The molecule has 0 unspecified atom stereocenters. The van der Waals surface area contributed by atoms with Crippen LogP contribution in [-0.2, 0) is 11.0 Å². The molecule has 7 aromatic carbocycles. The van der Waals surface area contributed by atoms with Gasteiger partial charge in [-0.3, -0.25) is 0 Å². The quantitative estimate of drug-likeness (QED) is 0.171. The SMILES string of the molecule is CC1(C)c2cc(F)ccc2-c2c1c1c(c3cc(F)ccc23)OC(c2ccc(Sc3ccccc3)cc2)(c2ccc(Sc3ccccc3)cc2)C=C1. The molecular formula is C46H32F2OS2. The van der Waals surface area contributed by atoms with Gasteiger partial charge in [0.2, 0.25) is 0 Å². The van der Waals surface area contributed by atoms with E-state index >= 15 is 4.39 Å². The van der Waals surface area contributed by atoms with E-state index in [1.807, 2.05) is 48.5 Å². The van der Waals surface area contributed by atoms with Gasteiger partial charge in [-0.2, -0.15) is 0 Å². The molecule has 0 amide bonds. The molecule has 1 aliphatic carbocycles. The molecule has 0 saturated carbocycles. The smallest absolute Gasteiger partial charge is 0.178 e. The van der Waals surface area contributed by atoms with Gasteiger partial charge in [0.25, 0.3) is 0 Å². The van der Waals surface area contributed by atoms with Crippen LogP contribution in [0.1, 0.15) is 41.7 Å². The minimum Gasteiger partial charge on any atom is -0.472 e. The minimum atomic E-state index is -1.01. The second kappa shape index (κ2) is 12.3. The zero-order chi connectivity index (χ0) is 34.7. The summed E-state index contributed by atoms with van der Waals surface area (Å²) in [6, 6.07) is 47.6. The van der Waals surface area contributed by atoms with Crippen molar-refractivity contribution in [2.24, 2.45) is 0 Å². The fourth-order valence-corrected chi connectivity index (χ4v) is 9.37. The highest BCUT2D eigenvalue weighted by atomic mass is 32.2. The summed E-state index contributed by atoms with van der Waals surface area (Å²) in [6.07, 6.45) is 4.28. The monoisotopic (exact) mass is 702 g/mol. The molecule has 0 bridgehead atoms. The van der Waals surface area contributed by atoms with Crippen molar-refractivity contribution in [2.75, 3.05) is 0 Å². The third-order valence-corrected chi connectivity index (χ3v) is 12.1. The normalized spacial score (nSPS) is 14.8. The van der Waals surface area contributed by atoms with E-state index in [-0.39, 0.29) is 11.6 Å². The average molecular weight is 703 g/mol. The maximum atomic E-state index is 15.2. The zero-order valence-corrected chi connectivity index (χ0v) is 29.6. The highest BCUT2D eigenvalue weighted by Gasteiger charge is 2.44. The topological polar surface area (TPSA) is 9.23 Å². The number of hydrogen-bond donors (Lipinski definition) is 0. The Morgan fingerprint density at radius 3 is 1.67 bits per heavy atom. The maximum absolute atomic E-state index is 15.2. The lowest BCUT2D eigenvalue weighted by Crippen LogP contribution is -2.35. The van der Waals surface area contributed by atoms with Crippen molar-refractivity contribution in [3.05, 3.63) is 191 Å². The predicted octanol–water partition coefficient (Wildman–Crippen LogP) is 13.1. The predicted molar refractivity (Wildman–Crippen MR) is 206 cm³/mol. The van der Waals surface area contributed by atoms with Crippen LogP contribution in [0.25, 0.3) is 28.0 Å². The van der Waals surface area contributed by atoms with Crippen LogP contribution in [0.2, 0.25) is 0 Å². The largest absolute Gasteiger partial charge is 0.472 e. The molecule has 1 aliphatic heterocycles. The van der Waals surface area contributed by atoms with Crippen molar-refractivity contribution < 1.29 is 13.5 Å². The summed E-state index contributed by atoms with van der Waals surface area (Å²) in [5, 5.41) is 1.58. The number of rotatable bonds is 6. The lowest BCUT2D eigenvalue weighted by Gasteiger charge is -2.38. The first-order valence-electron chi connectivity index (χ1n) is 17.0. The van der Waals surface area contributed by atoms with Gasteiger partial charge in [0.15, 0.2) is 5.60 Å². The molecule has 0 radical (unpaired) electrons. The Balaban J connectivity index is 1.22. The standard InChI is InChI=1S/C46H32F2OS2/c1-45(2)41-28-32(48)18-24-38(41)42-37-23-17-31(47)27-40(37)44-39(43(42)45)25-26-46(49-44,29-13-19-35(20-14-29)50-33-9-5-3-6-10-33)30-15-21-36(22-16-30)51-34-11-7-4-8-12-34/h3-28H,1-2H3. The molecule has 51 heavy (non-hydrogen) atoms. The number of benzene rings is 7. The molecule has 0 N–H and O–H groups in total. The summed E-state index contributed by atoms with van der Waals surface area (Å²) in [6.45, 7) is 4.27. The highest BCUT2D eigenvalue weighted by Crippen LogP contribution is 2.58. The Morgan fingerprint density at radius 1 is 0.549 bits per heavy atom. The Hall–Kier alpha value is -5.10. The average Bonchev–Trinajstić information content (AvgIpc) is 3.38. The third-order valence-electron chi connectivity index (χ3n) is 10.1. The van der Waals surface area contributed by atoms with E-state index in [0.717, 1.165) is 54.1 Å².